The fourth-order valence-corrected chi connectivity index (χ4v) is 1.75. The summed E-state index contributed by atoms with van der Waals surface area (Å²) in [4.78, 5) is 0. The summed E-state index contributed by atoms with van der Waals surface area (Å²) in [6.07, 6.45) is 4.21. The highest BCUT2D eigenvalue weighted by atomic mass is 32.2. The van der Waals surface area contributed by atoms with Gasteiger partial charge in [-0.3, -0.25) is 4.21 Å². The molecule has 2 nitrogen and oxygen atoms in total. The van der Waals surface area contributed by atoms with E-state index >= 15 is 0 Å². The zero-order valence-electron chi connectivity index (χ0n) is 5.67. The molecule has 1 fully saturated rings. The van der Waals surface area contributed by atoms with E-state index in [-0.39, 0.29) is 6.04 Å². The summed E-state index contributed by atoms with van der Waals surface area (Å²) in [6, 6.07) is 0.204. The number of hydrogen-bond donors (Lipinski definition) is 1. The number of nitrogens with two attached hydrogens (primary N) is 1. The highest BCUT2D eigenvalue weighted by Gasteiger charge is 2.28. The molecule has 2 atom stereocenters. The topological polar surface area (TPSA) is 43.1 Å². The maximum absolute atomic E-state index is 10.6. The lowest BCUT2D eigenvalue weighted by molar-refractivity contribution is 0.637. The first-order chi connectivity index (χ1) is 4.20. The molecular weight excluding hydrogens is 134 g/mol. The fraction of sp³-hybridized carbons (Fsp3) is 1.00. The van der Waals surface area contributed by atoms with Crippen molar-refractivity contribution in [1.29, 1.82) is 0 Å². The number of rotatable bonds is 3. The van der Waals surface area contributed by atoms with Crippen molar-refractivity contribution in [3.8, 4) is 0 Å². The lowest BCUT2D eigenvalue weighted by atomic mass is 10.2. The summed E-state index contributed by atoms with van der Waals surface area (Å²) < 4.78 is 10.6. The minimum atomic E-state index is -0.701. The van der Waals surface area contributed by atoms with E-state index in [1.54, 1.807) is 6.26 Å². The highest BCUT2D eigenvalue weighted by Crippen LogP contribution is 2.31. The fourth-order valence-electron chi connectivity index (χ4n) is 0.931. The smallest absolute Gasteiger partial charge is 0.0386 e. The second kappa shape index (κ2) is 2.80. The Labute approximate surface area is 58.3 Å². The largest absolute Gasteiger partial charge is 0.327 e. The van der Waals surface area contributed by atoms with Crippen LogP contribution in [0.4, 0.5) is 0 Å². The van der Waals surface area contributed by atoms with Crippen molar-refractivity contribution >= 4 is 10.8 Å². The van der Waals surface area contributed by atoms with E-state index < -0.39 is 10.8 Å². The van der Waals surface area contributed by atoms with Crippen LogP contribution < -0.4 is 5.73 Å². The van der Waals surface area contributed by atoms with Gasteiger partial charge < -0.3 is 5.73 Å². The van der Waals surface area contributed by atoms with Gasteiger partial charge >= 0.3 is 0 Å². The molecule has 0 radical (unpaired) electrons. The van der Waals surface area contributed by atoms with Gasteiger partial charge in [0.05, 0.1) is 0 Å². The molecular formula is C6H13NOS. The third kappa shape index (κ3) is 2.45. The van der Waals surface area contributed by atoms with E-state index in [4.69, 9.17) is 5.73 Å². The van der Waals surface area contributed by atoms with Crippen LogP contribution in [0.15, 0.2) is 0 Å². The molecule has 9 heavy (non-hydrogen) atoms. The zero-order chi connectivity index (χ0) is 6.85. The molecule has 0 bridgehead atoms. The molecule has 1 saturated carbocycles. The lowest BCUT2D eigenvalue weighted by Gasteiger charge is -2.05. The van der Waals surface area contributed by atoms with E-state index in [1.807, 2.05) is 0 Å². The molecule has 3 heteroatoms. The average molecular weight is 147 g/mol. The summed E-state index contributed by atoms with van der Waals surface area (Å²) in [5, 5.41) is 0. The first kappa shape index (κ1) is 7.22. The van der Waals surface area contributed by atoms with E-state index in [2.05, 4.69) is 0 Å². The van der Waals surface area contributed by atoms with Crippen LogP contribution in [0.3, 0.4) is 0 Å². The molecule has 0 amide bonds. The SMILES string of the molecule is CS(=O)CC(N)C1CC1. The Hall–Kier alpha value is 0.110. The van der Waals surface area contributed by atoms with Crippen molar-refractivity contribution < 1.29 is 4.21 Å². The van der Waals surface area contributed by atoms with Crippen LogP contribution >= 0.6 is 0 Å². The van der Waals surface area contributed by atoms with Gasteiger partial charge in [-0.15, -0.1) is 0 Å². The Balaban J connectivity index is 2.17. The molecule has 1 aliphatic carbocycles. The normalized spacial score (nSPS) is 25.6. The van der Waals surface area contributed by atoms with Gasteiger partial charge in [0.15, 0.2) is 0 Å². The van der Waals surface area contributed by atoms with Crippen LogP contribution in [0.1, 0.15) is 12.8 Å². The Morgan fingerprint density at radius 2 is 2.33 bits per heavy atom. The Kier molecular flexibility index (Phi) is 2.24. The molecule has 1 rings (SSSR count). The van der Waals surface area contributed by atoms with Gasteiger partial charge in [0.25, 0.3) is 0 Å². The van der Waals surface area contributed by atoms with Gasteiger partial charge in [0.1, 0.15) is 0 Å². The number of hydrogen-bond acceptors (Lipinski definition) is 2. The highest BCUT2D eigenvalue weighted by molar-refractivity contribution is 7.84. The van der Waals surface area contributed by atoms with E-state index in [0.717, 1.165) is 0 Å². The Bertz CT molecular complexity index is 122. The van der Waals surface area contributed by atoms with Gasteiger partial charge in [0.2, 0.25) is 0 Å². The van der Waals surface area contributed by atoms with Crippen LogP contribution in [0.2, 0.25) is 0 Å². The summed E-state index contributed by atoms with van der Waals surface area (Å²) >= 11 is 0. The van der Waals surface area contributed by atoms with Crippen LogP contribution in [-0.2, 0) is 10.8 Å². The maximum Gasteiger partial charge on any atom is 0.0386 e. The monoisotopic (exact) mass is 147 g/mol. The maximum atomic E-state index is 10.6. The van der Waals surface area contributed by atoms with Crippen molar-refractivity contribution in [2.45, 2.75) is 18.9 Å². The molecule has 0 heterocycles. The molecule has 0 aromatic heterocycles. The van der Waals surface area contributed by atoms with Crippen LogP contribution in [-0.4, -0.2) is 22.3 Å². The minimum absolute atomic E-state index is 0.204. The first-order valence-electron chi connectivity index (χ1n) is 3.26. The first-order valence-corrected chi connectivity index (χ1v) is 4.98. The predicted molar refractivity (Wildman–Crippen MR) is 39.6 cm³/mol. The van der Waals surface area contributed by atoms with Gasteiger partial charge in [-0.05, 0) is 18.8 Å². The van der Waals surface area contributed by atoms with Crippen molar-refractivity contribution in [3.05, 3.63) is 0 Å². The van der Waals surface area contributed by atoms with Crippen LogP contribution in [0.25, 0.3) is 0 Å². The standard InChI is InChI=1S/C6H13NOS/c1-9(8)4-6(7)5-2-3-5/h5-6H,2-4,7H2,1H3. The molecule has 54 valence electrons. The summed E-state index contributed by atoms with van der Waals surface area (Å²) in [6.45, 7) is 0. The lowest BCUT2D eigenvalue weighted by Crippen LogP contribution is -2.28. The minimum Gasteiger partial charge on any atom is -0.327 e. The van der Waals surface area contributed by atoms with Gasteiger partial charge in [-0.2, -0.15) is 0 Å². The summed E-state index contributed by atoms with van der Waals surface area (Å²) in [7, 11) is -0.701. The molecule has 0 aromatic carbocycles. The van der Waals surface area contributed by atoms with Gasteiger partial charge in [-0.25, -0.2) is 0 Å². The van der Waals surface area contributed by atoms with Crippen molar-refractivity contribution in [2.75, 3.05) is 12.0 Å². The summed E-state index contributed by atoms with van der Waals surface area (Å²) in [5.41, 5.74) is 5.69. The molecule has 0 spiro atoms. The summed E-state index contributed by atoms with van der Waals surface area (Å²) in [5.74, 6) is 1.37. The van der Waals surface area contributed by atoms with Crippen molar-refractivity contribution in [3.63, 3.8) is 0 Å². The molecule has 2 N–H and O–H groups in total. The van der Waals surface area contributed by atoms with E-state index in [9.17, 15) is 4.21 Å². The zero-order valence-corrected chi connectivity index (χ0v) is 6.49. The van der Waals surface area contributed by atoms with Gasteiger partial charge in [0, 0.05) is 28.9 Å². The van der Waals surface area contributed by atoms with Crippen LogP contribution in [0.5, 0.6) is 0 Å². The van der Waals surface area contributed by atoms with E-state index in [0.29, 0.717) is 11.7 Å². The predicted octanol–water partition coefficient (Wildman–Crippen LogP) is 0.102. The molecule has 0 saturated heterocycles. The van der Waals surface area contributed by atoms with Crippen molar-refractivity contribution in [2.24, 2.45) is 11.7 Å². The van der Waals surface area contributed by atoms with Gasteiger partial charge in [-0.1, -0.05) is 0 Å². The molecule has 0 aliphatic heterocycles. The molecule has 1 aliphatic rings. The van der Waals surface area contributed by atoms with Crippen molar-refractivity contribution in [1.82, 2.24) is 0 Å². The second-order valence-electron chi connectivity index (χ2n) is 2.74. The molecule has 0 aromatic rings. The second-order valence-corrected chi connectivity index (χ2v) is 4.22. The third-order valence-electron chi connectivity index (χ3n) is 1.65. The molecule has 2 unspecified atom stereocenters. The third-order valence-corrected chi connectivity index (χ3v) is 2.51. The Morgan fingerprint density at radius 1 is 1.78 bits per heavy atom. The average Bonchev–Trinajstić information content (AvgIpc) is 2.40. The Morgan fingerprint density at radius 3 is 2.67 bits per heavy atom. The quantitative estimate of drug-likeness (QED) is 0.615. The van der Waals surface area contributed by atoms with E-state index in [1.165, 1.54) is 12.8 Å². The van der Waals surface area contributed by atoms with Crippen LogP contribution in [0, 0.1) is 5.92 Å².